The summed E-state index contributed by atoms with van der Waals surface area (Å²) in [5.74, 6) is 0.699. The van der Waals surface area contributed by atoms with E-state index in [4.69, 9.17) is 11.5 Å². The first-order valence-electron chi connectivity index (χ1n) is 5.38. The van der Waals surface area contributed by atoms with Crippen LogP contribution in [-0.4, -0.2) is 37.6 Å². The minimum atomic E-state index is 0.367. The van der Waals surface area contributed by atoms with E-state index in [0.717, 1.165) is 19.4 Å². The third-order valence-electron chi connectivity index (χ3n) is 3.01. The van der Waals surface area contributed by atoms with Crippen molar-refractivity contribution in [3.05, 3.63) is 0 Å². The van der Waals surface area contributed by atoms with Gasteiger partial charge in [0.1, 0.15) is 0 Å². The second kappa shape index (κ2) is 5.58. The van der Waals surface area contributed by atoms with Gasteiger partial charge in [-0.3, -0.25) is 0 Å². The van der Waals surface area contributed by atoms with Crippen LogP contribution in [0.2, 0.25) is 0 Å². The fraction of sp³-hybridized carbons (Fsp3) is 1.00. The summed E-state index contributed by atoms with van der Waals surface area (Å²) in [4.78, 5) is 2.39. The van der Waals surface area contributed by atoms with Crippen LogP contribution in [0, 0.1) is 5.92 Å². The predicted molar refractivity (Wildman–Crippen MR) is 56.5 cm³/mol. The summed E-state index contributed by atoms with van der Waals surface area (Å²) in [5.41, 5.74) is 11.6. The minimum absolute atomic E-state index is 0.367. The van der Waals surface area contributed by atoms with E-state index >= 15 is 0 Å². The van der Waals surface area contributed by atoms with Gasteiger partial charge in [-0.1, -0.05) is 0 Å². The Morgan fingerprint density at radius 2 is 2.31 bits per heavy atom. The normalized spacial score (nSPS) is 27.5. The maximum absolute atomic E-state index is 6.11. The molecule has 0 spiro atoms. The quantitative estimate of drug-likeness (QED) is 0.666. The average molecular weight is 185 g/mol. The molecule has 1 aliphatic rings. The minimum Gasteiger partial charge on any atom is -0.330 e. The summed E-state index contributed by atoms with van der Waals surface area (Å²) in [6.07, 6.45) is 4.77. The van der Waals surface area contributed by atoms with E-state index in [0.29, 0.717) is 12.0 Å². The molecule has 1 saturated heterocycles. The van der Waals surface area contributed by atoms with Gasteiger partial charge in [-0.15, -0.1) is 0 Å². The Balaban J connectivity index is 2.24. The molecule has 78 valence electrons. The fourth-order valence-electron chi connectivity index (χ4n) is 2.15. The first kappa shape index (κ1) is 11.0. The van der Waals surface area contributed by atoms with E-state index in [1.54, 1.807) is 0 Å². The molecule has 2 unspecified atom stereocenters. The smallest absolute Gasteiger partial charge is 0.00798 e. The lowest BCUT2D eigenvalue weighted by atomic mass is 9.89. The summed E-state index contributed by atoms with van der Waals surface area (Å²) < 4.78 is 0. The van der Waals surface area contributed by atoms with Crippen molar-refractivity contribution in [2.45, 2.75) is 31.7 Å². The Hall–Kier alpha value is -0.120. The molecule has 0 aromatic carbocycles. The number of hydrogen-bond acceptors (Lipinski definition) is 3. The summed E-state index contributed by atoms with van der Waals surface area (Å²) in [7, 11) is 2.18. The Bertz CT molecular complexity index is 138. The summed E-state index contributed by atoms with van der Waals surface area (Å²) in [6, 6.07) is 0.367. The zero-order chi connectivity index (χ0) is 9.68. The van der Waals surface area contributed by atoms with Gasteiger partial charge in [-0.2, -0.15) is 0 Å². The van der Waals surface area contributed by atoms with E-state index in [1.165, 1.54) is 25.9 Å². The van der Waals surface area contributed by atoms with E-state index < -0.39 is 0 Å². The highest BCUT2D eigenvalue weighted by Crippen LogP contribution is 2.19. The van der Waals surface area contributed by atoms with Crippen LogP contribution in [0.25, 0.3) is 0 Å². The van der Waals surface area contributed by atoms with Crippen LogP contribution in [0.3, 0.4) is 0 Å². The molecule has 3 nitrogen and oxygen atoms in total. The largest absolute Gasteiger partial charge is 0.330 e. The first-order chi connectivity index (χ1) is 6.24. The van der Waals surface area contributed by atoms with Crippen molar-refractivity contribution in [1.82, 2.24) is 4.90 Å². The second-order valence-corrected chi connectivity index (χ2v) is 4.26. The highest BCUT2D eigenvalue weighted by molar-refractivity contribution is 4.79. The van der Waals surface area contributed by atoms with Gasteiger partial charge in [0.2, 0.25) is 0 Å². The molecule has 1 heterocycles. The SMILES string of the molecule is CN1CCCC(C(N)CCCN)C1. The lowest BCUT2D eigenvalue weighted by Gasteiger charge is -2.33. The van der Waals surface area contributed by atoms with Crippen molar-refractivity contribution in [2.24, 2.45) is 17.4 Å². The zero-order valence-corrected chi connectivity index (χ0v) is 8.71. The molecule has 0 saturated carbocycles. The maximum Gasteiger partial charge on any atom is 0.00798 e. The monoisotopic (exact) mass is 185 g/mol. The van der Waals surface area contributed by atoms with Gasteiger partial charge >= 0.3 is 0 Å². The van der Waals surface area contributed by atoms with Crippen LogP contribution in [0.4, 0.5) is 0 Å². The van der Waals surface area contributed by atoms with Crippen molar-refractivity contribution in [2.75, 3.05) is 26.7 Å². The van der Waals surface area contributed by atoms with Gasteiger partial charge in [0.25, 0.3) is 0 Å². The number of likely N-dealkylation sites (tertiary alicyclic amines) is 1. The maximum atomic E-state index is 6.11. The standard InChI is InChI=1S/C10H23N3/c1-13-7-3-4-9(8-13)10(12)5-2-6-11/h9-10H,2-8,11-12H2,1H3. The molecule has 0 amide bonds. The van der Waals surface area contributed by atoms with Crippen LogP contribution >= 0.6 is 0 Å². The molecule has 1 aliphatic heterocycles. The van der Waals surface area contributed by atoms with Crippen molar-refractivity contribution < 1.29 is 0 Å². The molecule has 0 bridgehead atoms. The van der Waals surface area contributed by atoms with Crippen molar-refractivity contribution >= 4 is 0 Å². The topological polar surface area (TPSA) is 55.3 Å². The molecule has 0 radical (unpaired) electrons. The molecular weight excluding hydrogens is 162 g/mol. The van der Waals surface area contributed by atoms with E-state index in [2.05, 4.69) is 11.9 Å². The number of hydrogen-bond donors (Lipinski definition) is 2. The lowest BCUT2D eigenvalue weighted by molar-refractivity contribution is 0.183. The fourth-order valence-corrected chi connectivity index (χ4v) is 2.15. The first-order valence-corrected chi connectivity index (χ1v) is 5.38. The third-order valence-corrected chi connectivity index (χ3v) is 3.01. The van der Waals surface area contributed by atoms with E-state index in [1.807, 2.05) is 0 Å². The number of nitrogens with two attached hydrogens (primary N) is 2. The molecule has 4 N–H and O–H groups in total. The van der Waals surface area contributed by atoms with Gasteiger partial charge in [0, 0.05) is 12.6 Å². The van der Waals surface area contributed by atoms with Crippen LogP contribution in [-0.2, 0) is 0 Å². The second-order valence-electron chi connectivity index (χ2n) is 4.26. The molecule has 0 aliphatic carbocycles. The van der Waals surface area contributed by atoms with Gasteiger partial charge in [0.15, 0.2) is 0 Å². The predicted octanol–water partition coefficient (Wildman–Crippen LogP) is 0.394. The lowest BCUT2D eigenvalue weighted by Crippen LogP contribution is -2.42. The van der Waals surface area contributed by atoms with E-state index in [9.17, 15) is 0 Å². The Labute approximate surface area is 81.5 Å². The Kier molecular flexibility index (Phi) is 4.70. The van der Waals surface area contributed by atoms with Crippen molar-refractivity contribution in [3.63, 3.8) is 0 Å². The molecule has 1 rings (SSSR count). The average Bonchev–Trinajstić information content (AvgIpc) is 2.14. The van der Waals surface area contributed by atoms with Gasteiger partial charge in [-0.25, -0.2) is 0 Å². The van der Waals surface area contributed by atoms with E-state index in [-0.39, 0.29) is 0 Å². The van der Waals surface area contributed by atoms with Crippen LogP contribution in [0.1, 0.15) is 25.7 Å². The zero-order valence-electron chi connectivity index (χ0n) is 8.71. The van der Waals surface area contributed by atoms with Crippen LogP contribution in [0.15, 0.2) is 0 Å². The number of nitrogens with zero attached hydrogens (tertiary/aromatic N) is 1. The molecule has 0 aromatic rings. The molecule has 1 fully saturated rings. The van der Waals surface area contributed by atoms with Crippen LogP contribution in [0.5, 0.6) is 0 Å². The summed E-state index contributed by atoms with van der Waals surface area (Å²) in [5, 5.41) is 0. The highest BCUT2D eigenvalue weighted by Gasteiger charge is 2.22. The highest BCUT2D eigenvalue weighted by atomic mass is 15.1. The van der Waals surface area contributed by atoms with Crippen molar-refractivity contribution in [3.8, 4) is 0 Å². The van der Waals surface area contributed by atoms with Gasteiger partial charge < -0.3 is 16.4 Å². The molecule has 3 heteroatoms. The molecular formula is C10H23N3. The van der Waals surface area contributed by atoms with Gasteiger partial charge in [0.05, 0.1) is 0 Å². The molecule has 2 atom stereocenters. The molecule has 13 heavy (non-hydrogen) atoms. The number of rotatable bonds is 4. The molecule has 0 aromatic heterocycles. The van der Waals surface area contributed by atoms with Gasteiger partial charge in [-0.05, 0) is 51.7 Å². The Morgan fingerprint density at radius 1 is 1.54 bits per heavy atom. The third kappa shape index (κ3) is 3.63. The van der Waals surface area contributed by atoms with Crippen molar-refractivity contribution in [1.29, 1.82) is 0 Å². The number of piperidine rings is 1. The Morgan fingerprint density at radius 3 is 2.92 bits per heavy atom. The summed E-state index contributed by atoms with van der Waals surface area (Å²) >= 11 is 0. The van der Waals surface area contributed by atoms with Crippen LogP contribution < -0.4 is 11.5 Å². The summed E-state index contributed by atoms with van der Waals surface area (Å²) in [6.45, 7) is 3.18.